The number of nitrogens with zero attached hydrogens (tertiary/aromatic N) is 1. The highest BCUT2D eigenvalue weighted by Gasteiger charge is 2.31. The quantitative estimate of drug-likeness (QED) is 0.708. The van der Waals surface area contributed by atoms with E-state index in [1.165, 1.54) is 28.6 Å². The molecule has 0 amide bonds. The van der Waals surface area contributed by atoms with Gasteiger partial charge in [0, 0.05) is 18.8 Å². The normalized spacial score (nSPS) is 21.1. The molecule has 1 fully saturated rings. The topological polar surface area (TPSA) is 83.6 Å². The van der Waals surface area contributed by atoms with Gasteiger partial charge in [-0.3, -0.25) is 4.72 Å². The van der Waals surface area contributed by atoms with E-state index in [0.717, 1.165) is 12.0 Å². The number of benzene rings is 2. The maximum Gasteiger partial charge on any atom is 0.261 e. The highest BCUT2D eigenvalue weighted by Crippen LogP contribution is 2.28. The van der Waals surface area contributed by atoms with Gasteiger partial charge in [-0.25, -0.2) is 16.8 Å². The molecule has 1 aliphatic rings. The molecule has 3 rings (SSSR count). The van der Waals surface area contributed by atoms with Crippen LogP contribution in [0.15, 0.2) is 58.3 Å². The molecule has 8 heteroatoms. The van der Waals surface area contributed by atoms with Gasteiger partial charge in [-0.15, -0.1) is 0 Å². The summed E-state index contributed by atoms with van der Waals surface area (Å²) in [6.45, 7) is 11.3. The Morgan fingerprint density at radius 2 is 1.29 bits per heavy atom. The highest BCUT2D eigenvalue weighted by molar-refractivity contribution is 7.92. The molecular weight excluding hydrogens is 432 g/mol. The molecule has 6 nitrogen and oxygen atoms in total. The molecule has 0 spiro atoms. The lowest BCUT2D eigenvalue weighted by Crippen LogP contribution is -2.42. The van der Waals surface area contributed by atoms with Crippen molar-refractivity contribution in [3.63, 3.8) is 0 Å². The van der Waals surface area contributed by atoms with Crippen molar-refractivity contribution in [2.24, 2.45) is 11.8 Å². The second kappa shape index (κ2) is 8.56. The van der Waals surface area contributed by atoms with Crippen LogP contribution < -0.4 is 4.72 Å². The molecule has 2 unspecified atom stereocenters. The first-order valence-electron chi connectivity index (χ1n) is 10.5. The molecule has 2 aromatic rings. The largest absolute Gasteiger partial charge is 0.280 e. The number of piperidine rings is 1. The summed E-state index contributed by atoms with van der Waals surface area (Å²) in [7, 11) is -7.37. The lowest BCUT2D eigenvalue weighted by atomic mass is 9.87. The third-order valence-corrected chi connectivity index (χ3v) is 8.85. The minimum atomic E-state index is -3.77. The number of hydrogen-bond acceptors (Lipinski definition) is 4. The molecule has 0 radical (unpaired) electrons. The molecule has 31 heavy (non-hydrogen) atoms. The Kier molecular flexibility index (Phi) is 6.56. The first-order valence-corrected chi connectivity index (χ1v) is 13.4. The van der Waals surface area contributed by atoms with E-state index in [4.69, 9.17) is 0 Å². The Hall–Kier alpha value is -1.90. The Bertz CT molecular complexity index is 1110. The highest BCUT2D eigenvalue weighted by atomic mass is 32.2. The number of anilines is 1. The van der Waals surface area contributed by atoms with Crippen molar-refractivity contribution in [1.29, 1.82) is 0 Å². The molecule has 1 heterocycles. The van der Waals surface area contributed by atoms with Crippen molar-refractivity contribution in [3.8, 4) is 0 Å². The van der Waals surface area contributed by atoms with Gasteiger partial charge in [0.05, 0.1) is 9.79 Å². The minimum Gasteiger partial charge on any atom is -0.280 e. The second-order valence-corrected chi connectivity index (χ2v) is 13.3. The van der Waals surface area contributed by atoms with Gasteiger partial charge in [-0.05, 0) is 65.6 Å². The van der Waals surface area contributed by atoms with Crippen LogP contribution in [0.25, 0.3) is 0 Å². The summed E-state index contributed by atoms with van der Waals surface area (Å²) in [6.07, 6.45) is 1.02. The zero-order valence-electron chi connectivity index (χ0n) is 18.8. The van der Waals surface area contributed by atoms with Gasteiger partial charge in [0.1, 0.15) is 0 Å². The predicted octanol–water partition coefficient (Wildman–Crippen LogP) is 4.45. The average molecular weight is 465 g/mol. The molecule has 2 atom stereocenters. The maximum absolute atomic E-state index is 13.0. The van der Waals surface area contributed by atoms with E-state index in [-0.39, 0.29) is 15.2 Å². The Labute approximate surface area is 186 Å². The fourth-order valence-corrected chi connectivity index (χ4v) is 6.73. The van der Waals surface area contributed by atoms with Crippen LogP contribution in [0, 0.1) is 11.8 Å². The summed E-state index contributed by atoms with van der Waals surface area (Å²) >= 11 is 0. The van der Waals surface area contributed by atoms with Gasteiger partial charge >= 0.3 is 0 Å². The van der Waals surface area contributed by atoms with Crippen molar-refractivity contribution in [3.05, 3.63) is 54.1 Å². The smallest absolute Gasteiger partial charge is 0.261 e. The molecule has 2 aromatic carbocycles. The van der Waals surface area contributed by atoms with Crippen molar-refractivity contribution < 1.29 is 16.8 Å². The van der Waals surface area contributed by atoms with Crippen molar-refractivity contribution in [2.45, 2.75) is 56.2 Å². The number of nitrogens with one attached hydrogen (secondary N) is 1. The van der Waals surface area contributed by atoms with E-state index < -0.39 is 20.0 Å². The standard InChI is InChI=1S/C23H32N2O4S2/c1-17-14-18(2)16-25(15-17)31(28,29)22-12-8-20(9-13-22)24-30(26,27)21-10-6-19(7-11-21)23(3,4)5/h6-13,17-18,24H,14-16H2,1-5H3. The summed E-state index contributed by atoms with van der Waals surface area (Å²) in [4.78, 5) is 0.333. The van der Waals surface area contributed by atoms with Crippen molar-refractivity contribution in [2.75, 3.05) is 17.8 Å². The molecule has 0 aliphatic carbocycles. The van der Waals surface area contributed by atoms with Crippen LogP contribution in [0.5, 0.6) is 0 Å². The van der Waals surface area contributed by atoms with Gasteiger partial charge in [0.15, 0.2) is 0 Å². The van der Waals surface area contributed by atoms with E-state index in [1.54, 1.807) is 12.1 Å². The van der Waals surface area contributed by atoms with Gasteiger partial charge in [0.25, 0.3) is 10.0 Å². The van der Waals surface area contributed by atoms with E-state index in [9.17, 15) is 16.8 Å². The van der Waals surface area contributed by atoms with Crippen LogP contribution in [0.3, 0.4) is 0 Å². The fraction of sp³-hybridized carbons (Fsp3) is 0.478. The van der Waals surface area contributed by atoms with Crippen LogP contribution >= 0.6 is 0 Å². The van der Waals surface area contributed by atoms with Crippen LogP contribution in [-0.4, -0.2) is 34.2 Å². The Balaban J connectivity index is 1.77. The van der Waals surface area contributed by atoms with Crippen LogP contribution in [0.1, 0.15) is 46.6 Å². The van der Waals surface area contributed by atoms with Gasteiger partial charge in [0.2, 0.25) is 10.0 Å². The third kappa shape index (κ3) is 5.48. The number of rotatable bonds is 5. The van der Waals surface area contributed by atoms with E-state index in [2.05, 4.69) is 39.3 Å². The number of sulfonamides is 2. The molecule has 1 N–H and O–H groups in total. The van der Waals surface area contributed by atoms with Gasteiger partial charge < -0.3 is 0 Å². The summed E-state index contributed by atoms with van der Waals surface area (Å²) in [6, 6.07) is 12.7. The molecule has 0 bridgehead atoms. The summed E-state index contributed by atoms with van der Waals surface area (Å²) < 4.78 is 55.5. The monoisotopic (exact) mass is 464 g/mol. The van der Waals surface area contributed by atoms with Crippen LogP contribution in [-0.2, 0) is 25.5 Å². The van der Waals surface area contributed by atoms with Crippen LogP contribution in [0.4, 0.5) is 5.69 Å². The molecular formula is C23H32N2O4S2. The zero-order valence-corrected chi connectivity index (χ0v) is 20.4. The van der Waals surface area contributed by atoms with E-state index >= 15 is 0 Å². The summed E-state index contributed by atoms with van der Waals surface area (Å²) in [5, 5.41) is 0. The molecule has 0 aromatic heterocycles. The third-order valence-electron chi connectivity index (χ3n) is 5.61. The minimum absolute atomic E-state index is 0.0685. The van der Waals surface area contributed by atoms with Crippen LogP contribution in [0.2, 0.25) is 0 Å². The predicted molar refractivity (Wildman–Crippen MR) is 124 cm³/mol. The van der Waals surface area contributed by atoms with E-state index in [0.29, 0.717) is 30.6 Å². The molecule has 1 saturated heterocycles. The lowest BCUT2D eigenvalue weighted by Gasteiger charge is -2.34. The number of hydrogen-bond donors (Lipinski definition) is 1. The first kappa shape index (κ1) is 23.8. The second-order valence-electron chi connectivity index (χ2n) is 9.67. The fourth-order valence-electron chi connectivity index (χ4n) is 3.99. The van der Waals surface area contributed by atoms with E-state index in [1.807, 2.05) is 12.1 Å². The van der Waals surface area contributed by atoms with Crippen molar-refractivity contribution >= 4 is 25.7 Å². The molecule has 170 valence electrons. The molecule has 0 saturated carbocycles. The SMILES string of the molecule is CC1CC(C)CN(S(=O)(=O)c2ccc(NS(=O)(=O)c3ccc(C(C)(C)C)cc3)cc2)C1. The first-order chi connectivity index (χ1) is 14.3. The zero-order chi connectivity index (χ0) is 23.0. The van der Waals surface area contributed by atoms with Gasteiger partial charge in [-0.2, -0.15) is 4.31 Å². The summed E-state index contributed by atoms with van der Waals surface area (Å²) in [5.41, 5.74) is 1.29. The lowest BCUT2D eigenvalue weighted by molar-refractivity contribution is 0.222. The summed E-state index contributed by atoms with van der Waals surface area (Å²) in [5.74, 6) is 0.628. The average Bonchev–Trinajstić information content (AvgIpc) is 2.67. The van der Waals surface area contributed by atoms with Gasteiger partial charge in [-0.1, -0.05) is 46.8 Å². The Morgan fingerprint density at radius 1 is 0.806 bits per heavy atom. The Morgan fingerprint density at radius 3 is 1.77 bits per heavy atom. The molecule has 1 aliphatic heterocycles. The maximum atomic E-state index is 13.0. The van der Waals surface area contributed by atoms with Crippen molar-refractivity contribution in [1.82, 2.24) is 4.31 Å².